The minimum atomic E-state index is -0.252. The van der Waals surface area contributed by atoms with Gasteiger partial charge in [0.1, 0.15) is 12.4 Å². The predicted octanol–water partition coefficient (Wildman–Crippen LogP) is 3.78. The van der Waals surface area contributed by atoms with Crippen LogP contribution in [0.25, 0.3) is 0 Å². The fraction of sp³-hybridized carbons (Fsp3) is 0.235. The van der Waals surface area contributed by atoms with E-state index in [1.807, 2.05) is 43.3 Å². The van der Waals surface area contributed by atoms with Crippen molar-refractivity contribution in [2.45, 2.75) is 20.0 Å². The standard InChI is InChI=1S/C17H20O3/c1-4-16(11-10-14(2)12-17(18)19-3)20-13-15-8-6-5-7-9-15/h4-11H,1,12-13H2,2-3H3/b14-10+,16-11+. The van der Waals surface area contributed by atoms with Gasteiger partial charge < -0.3 is 9.47 Å². The second-order valence-electron chi connectivity index (χ2n) is 4.31. The van der Waals surface area contributed by atoms with Gasteiger partial charge in [-0.3, -0.25) is 4.79 Å². The van der Waals surface area contributed by atoms with E-state index in [0.29, 0.717) is 12.4 Å². The largest absolute Gasteiger partial charge is 0.489 e. The minimum absolute atomic E-state index is 0.252. The van der Waals surface area contributed by atoms with Crippen LogP contribution in [0.4, 0.5) is 0 Å². The lowest BCUT2D eigenvalue weighted by molar-refractivity contribution is -0.139. The van der Waals surface area contributed by atoms with Crippen molar-refractivity contribution in [2.75, 3.05) is 7.11 Å². The van der Waals surface area contributed by atoms with Crippen molar-refractivity contribution in [1.82, 2.24) is 0 Å². The van der Waals surface area contributed by atoms with Crippen LogP contribution in [0.3, 0.4) is 0 Å². The van der Waals surface area contributed by atoms with E-state index < -0.39 is 0 Å². The lowest BCUT2D eigenvalue weighted by atomic mass is 10.2. The number of esters is 1. The highest BCUT2D eigenvalue weighted by molar-refractivity contribution is 5.72. The molecule has 106 valence electrons. The summed E-state index contributed by atoms with van der Waals surface area (Å²) in [6, 6.07) is 9.90. The summed E-state index contributed by atoms with van der Waals surface area (Å²) in [4.78, 5) is 11.1. The molecule has 3 heteroatoms. The molecule has 0 aliphatic heterocycles. The Labute approximate surface area is 120 Å². The molecule has 0 heterocycles. The van der Waals surface area contributed by atoms with Crippen molar-refractivity contribution in [3.05, 3.63) is 72.0 Å². The Morgan fingerprint density at radius 1 is 1.25 bits per heavy atom. The Kier molecular flexibility index (Phi) is 6.90. The van der Waals surface area contributed by atoms with Gasteiger partial charge in [-0.05, 0) is 24.6 Å². The lowest BCUT2D eigenvalue weighted by Crippen LogP contribution is -2.00. The maximum atomic E-state index is 11.1. The number of allylic oxidation sites excluding steroid dienone is 3. The van der Waals surface area contributed by atoms with Crippen LogP contribution in [-0.4, -0.2) is 13.1 Å². The van der Waals surface area contributed by atoms with Crippen LogP contribution in [0.5, 0.6) is 0 Å². The van der Waals surface area contributed by atoms with Crippen LogP contribution in [-0.2, 0) is 20.9 Å². The molecule has 0 aromatic heterocycles. The summed E-state index contributed by atoms with van der Waals surface area (Å²) in [5.74, 6) is 0.413. The molecule has 20 heavy (non-hydrogen) atoms. The molecule has 0 saturated heterocycles. The molecule has 0 aliphatic carbocycles. The number of carbonyl (C=O) groups excluding carboxylic acids is 1. The number of hydrogen-bond acceptors (Lipinski definition) is 3. The SMILES string of the molecule is C=C/C(=C\C=C(/C)CC(=O)OC)OCc1ccccc1. The molecule has 3 nitrogen and oxygen atoms in total. The summed E-state index contributed by atoms with van der Waals surface area (Å²) in [5, 5.41) is 0. The van der Waals surface area contributed by atoms with Crippen LogP contribution in [0, 0.1) is 0 Å². The molecule has 0 atom stereocenters. The number of hydrogen-bond donors (Lipinski definition) is 0. The van der Waals surface area contributed by atoms with Gasteiger partial charge in [0.15, 0.2) is 0 Å². The van der Waals surface area contributed by atoms with E-state index in [2.05, 4.69) is 11.3 Å². The Balaban J connectivity index is 2.57. The summed E-state index contributed by atoms with van der Waals surface area (Å²) >= 11 is 0. The first-order valence-corrected chi connectivity index (χ1v) is 6.39. The van der Waals surface area contributed by atoms with Gasteiger partial charge in [0.25, 0.3) is 0 Å². The summed E-state index contributed by atoms with van der Waals surface area (Å²) < 4.78 is 10.2. The van der Waals surface area contributed by atoms with Crippen molar-refractivity contribution in [1.29, 1.82) is 0 Å². The van der Waals surface area contributed by atoms with Gasteiger partial charge >= 0.3 is 5.97 Å². The number of benzene rings is 1. The van der Waals surface area contributed by atoms with E-state index in [9.17, 15) is 4.79 Å². The monoisotopic (exact) mass is 272 g/mol. The molecule has 0 bridgehead atoms. The zero-order valence-electron chi connectivity index (χ0n) is 12.0. The van der Waals surface area contributed by atoms with Crippen LogP contribution in [0.2, 0.25) is 0 Å². The maximum Gasteiger partial charge on any atom is 0.309 e. The van der Waals surface area contributed by atoms with Gasteiger partial charge in [0, 0.05) is 0 Å². The molecular formula is C17H20O3. The Morgan fingerprint density at radius 2 is 1.95 bits per heavy atom. The highest BCUT2D eigenvalue weighted by Gasteiger charge is 2.00. The lowest BCUT2D eigenvalue weighted by Gasteiger charge is -2.06. The van der Waals surface area contributed by atoms with E-state index in [-0.39, 0.29) is 12.4 Å². The van der Waals surface area contributed by atoms with Crippen LogP contribution in [0.1, 0.15) is 18.9 Å². The fourth-order valence-electron chi connectivity index (χ4n) is 1.50. The number of rotatable bonds is 7. The average molecular weight is 272 g/mol. The third-order valence-corrected chi connectivity index (χ3v) is 2.63. The molecule has 0 N–H and O–H groups in total. The molecule has 0 aliphatic rings. The number of methoxy groups -OCH3 is 1. The van der Waals surface area contributed by atoms with Gasteiger partial charge in [0.05, 0.1) is 13.5 Å². The third-order valence-electron chi connectivity index (χ3n) is 2.63. The van der Waals surface area contributed by atoms with Crippen molar-refractivity contribution >= 4 is 5.97 Å². The molecule has 0 saturated carbocycles. The van der Waals surface area contributed by atoms with E-state index in [1.165, 1.54) is 7.11 Å². The zero-order chi connectivity index (χ0) is 14.8. The fourth-order valence-corrected chi connectivity index (χ4v) is 1.50. The molecule has 0 spiro atoms. The molecule has 1 aromatic carbocycles. The molecule has 1 rings (SSSR count). The first kappa shape index (κ1) is 15.8. The van der Waals surface area contributed by atoms with Crippen molar-refractivity contribution in [3.63, 3.8) is 0 Å². The highest BCUT2D eigenvalue weighted by atomic mass is 16.5. The van der Waals surface area contributed by atoms with Crippen molar-refractivity contribution in [3.8, 4) is 0 Å². The quantitative estimate of drug-likeness (QED) is 0.430. The first-order valence-electron chi connectivity index (χ1n) is 6.39. The molecule has 0 fully saturated rings. The van der Waals surface area contributed by atoms with E-state index in [1.54, 1.807) is 12.2 Å². The van der Waals surface area contributed by atoms with E-state index >= 15 is 0 Å². The zero-order valence-corrected chi connectivity index (χ0v) is 12.0. The summed E-state index contributed by atoms with van der Waals surface area (Å²) in [6.07, 6.45) is 5.55. The van der Waals surface area contributed by atoms with Crippen LogP contribution in [0.15, 0.2) is 66.5 Å². The molecule has 0 radical (unpaired) electrons. The smallest absolute Gasteiger partial charge is 0.309 e. The van der Waals surface area contributed by atoms with Crippen LogP contribution < -0.4 is 0 Å². The molecule has 0 amide bonds. The second kappa shape index (κ2) is 8.75. The van der Waals surface area contributed by atoms with Gasteiger partial charge in [-0.2, -0.15) is 0 Å². The maximum absolute atomic E-state index is 11.1. The molecule has 1 aromatic rings. The molecular weight excluding hydrogens is 252 g/mol. The number of ether oxygens (including phenoxy) is 2. The molecule has 0 unspecified atom stereocenters. The normalized spacial score (nSPS) is 11.9. The van der Waals surface area contributed by atoms with Crippen molar-refractivity contribution < 1.29 is 14.3 Å². The Morgan fingerprint density at radius 3 is 2.55 bits per heavy atom. The summed E-state index contributed by atoms with van der Waals surface area (Å²) in [5.41, 5.74) is 2.00. The predicted molar refractivity (Wildman–Crippen MR) is 79.9 cm³/mol. The van der Waals surface area contributed by atoms with Crippen LogP contribution >= 0.6 is 0 Å². The topological polar surface area (TPSA) is 35.5 Å². The van der Waals surface area contributed by atoms with Crippen molar-refractivity contribution in [2.24, 2.45) is 0 Å². The van der Waals surface area contributed by atoms with E-state index in [4.69, 9.17) is 4.74 Å². The average Bonchev–Trinajstić information content (AvgIpc) is 2.48. The van der Waals surface area contributed by atoms with Gasteiger partial charge in [-0.1, -0.05) is 48.6 Å². The third kappa shape index (κ3) is 6.05. The second-order valence-corrected chi connectivity index (χ2v) is 4.31. The summed E-state index contributed by atoms with van der Waals surface area (Å²) in [7, 11) is 1.38. The first-order chi connectivity index (χ1) is 9.65. The van der Waals surface area contributed by atoms with Gasteiger partial charge in [-0.25, -0.2) is 0 Å². The Hall–Kier alpha value is -2.29. The van der Waals surface area contributed by atoms with E-state index in [0.717, 1.165) is 11.1 Å². The highest BCUT2D eigenvalue weighted by Crippen LogP contribution is 2.09. The van der Waals surface area contributed by atoms with Gasteiger partial charge in [0.2, 0.25) is 0 Å². The minimum Gasteiger partial charge on any atom is -0.489 e. The van der Waals surface area contributed by atoms with Gasteiger partial charge in [-0.15, -0.1) is 0 Å². The summed E-state index contributed by atoms with van der Waals surface area (Å²) in [6.45, 7) is 6.07. The number of carbonyl (C=O) groups is 1. The Bertz CT molecular complexity index is 498.